The zero-order valence-electron chi connectivity index (χ0n) is 13.0. The summed E-state index contributed by atoms with van der Waals surface area (Å²) in [7, 11) is 0. The molecule has 6 heteroatoms. The average molecular weight is 378 g/mol. The van der Waals surface area contributed by atoms with Gasteiger partial charge in [0.05, 0.1) is 10.5 Å². The van der Waals surface area contributed by atoms with Crippen molar-refractivity contribution >= 4 is 27.6 Å². The van der Waals surface area contributed by atoms with Crippen LogP contribution in [0.1, 0.15) is 36.7 Å². The van der Waals surface area contributed by atoms with Gasteiger partial charge in [-0.25, -0.2) is 4.79 Å². The highest BCUT2D eigenvalue weighted by Gasteiger charge is 2.21. The van der Waals surface area contributed by atoms with Crippen LogP contribution in [0.5, 0.6) is 5.75 Å². The van der Waals surface area contributed by atoms with E-state index in [1.165, 1.54) is 24.3 Å². The Bertz CT molecular complexity index is 748. The van der Waals surface area contributed by atoms with Crippen LogP contribution in [0.15, 0.2) is 46.9 Å². The molecular formula is C17H16BrNO4. The van der Waals surface area contributed by atoms with Gasteiger partial charge in [-0.05, 0) is 35.7 Å². The molecule has 2 aromatic rings. The third-order valence-electron chi connectivity index (χ3n) is 3.27. The minimum atomic E-state index is -0.548. The molecular weight excluding hydrogens is 362 g/mol. The highest BCUT2D eigenvalue weighted by atomic mass is 79.9. The number of ether oxygens (including phenoxy) is 1. The molecule has 0 aliphatic carbocycles. The number of benzene rings is 2. The van der Waals surface area contributed by atoms with E-state index >= 15 is 0 Å². The number of nitro groups is 1. The standard InChI is InChI=1S/C17H16BrNO4/c1-17(2,3)14-10-12(18)6-9-15(14)23-16(20)11-4-7-13(8-5-11)19(21)22/h4-10H,1-3H3. The molecule has 23 heavy (non-hydrogen) atoms. The number of halogens is 1. The number of rotatable bonds is 3. The summed E-state index contributed by atoms with van der Waals surface area (Å²) in [6.07, 6.45) is 0. The first-order valence-corrected chi connectivity index (χ1v) is 7.74. The molecule has 0 fully saturated rings. The monoisotopic (exact) mass is 377 g/mol. The van der Waals surface area contributed by atoms with Crippen molar-refractivity contribution in [3.05, 3.63) is 68.2 Å². The number of esters is 1. The van der Waals surface area contributed by atoms with Crippen LogP contribution < -0.4 is 4.74 Å². The van der Waals surface area contributed by atoms with E-state index in [1.54, 1.807) is 12.1 Å². The van der Waals surface area contributed by atoms with E-state index in [0.717, 1.165) is 10.0 Å². The summed E-state index contributed by atoms with van der Waals surface area (Å²) in [5.74, 6) is -0.0724. The summed E-state index contributed by atoms with van der Waals surface area (Å²) in [4.78, 5) is 22.4. The molecule has 120 valence electrons. The van der Waals surface area contributed by atoms with Gasteiger partial charge >= 0.3 is 5.97 Å². The molecule has 0 N–H and O–H groups in total. The van der Waals surface area contributed by atoms with Gasteiger partial charge in [0.1, 0.15) is 5.75 Å². The molecule has 2 aromatic carbocycles. The van der Waals surface area contributed by atoms with E-state index in [-0.39, 0.29) is 16.7 Å². The lowest BCUT2D eigenvalue weighted by atomic mass is 9.86. The molecule has 0 radical (unpaired) electrons. The molecule has 0 saturated carbocycles. The average Bonchev–Trinajstić information content (AvgIpc) is 2.48. The van der Waals surface area contributed by atoms with Crippen LogP contribution in [0.2, 0.25) is 0 Å². The van der Waals surface area contributed by atoms with E-state index in [2.05, 4.69) is 15.9 Å². The first kappa shape index (κ1) is 17.1. The second kappa shape index (κ2) is 6.50. The lowest BCUT2D eigenvalue weighted by molar-refractivity contribution is -0.384. The van der Waals surface area contributed by atoms with Crippen molar-refractivity contribution in [3.63, 3.8) is 0 Å². The van der Waals surface area contributed by atoms with Crippen LogP contribution in [0.4, 0.5) is 5.69 Å². The number of nitrogens with zero attached hydrogens (tertiary/aromatic N) is 1. The normalized spacial score (nSPS) is 11.1. The Morgan fingerprint density at radius 2 is 1.74 bits per heavy atom. The minimum Gasteiger partial charge on any atom is -0.423 e. The van der Waals surface area contributed by atoms with Gasteiger partial charge in [0.25, 0.3) is 5.69 Å². The van der Waals surface area contributed by atoms with Crippen LogP contribution >= 0.6 is 15.9 Å². The Kier molecular flexibility index (Phi) is 4.85. The van der Waals surface area contributed by atoms with Crippen molar-refractivity contribution in [2.24, 2.45) is 0 Å². The molecule has 0 amide bonds. The maximum absolute atomic E-state index is 12.3. The fraction of sp³-hybridized carbons (Fsp3) is 0.235. The Morgan fingerprint density at radius 3 is 2.26 bits per heavy atom. The number of nitro benzene ring substituents is 1. The van der Waals surface area contributed by atoms with Crippen molar-refractivity contribution in [1.82, 2.24) is 0 Å². The number of non-ortho nitro benzene ring substituents is 1. The Labute approximate surface area is 142 Å². The fourth-order valence-corrected chi connectivity index (χ4v) is 2.42. The third-order valence-corrected chi connectivity index (χ3v) is 3.76. The molecule has 0 saturated heterocycles. The van der Waals surface area contributed by atoms with Crippen LogP contribution in [0.3, 0.4) is 0 Å². The van der Waals surface area contributed by atoms with Crippen molar-refractivity contribution in [1.29, 1.82) is 0 Å². The molecule has 0 spiro atoms. The smallest absolute Gasteiger partial charge is 0.343 e. The van der Waals surface area contributed by atoms with Gasteiger partial charge in [0.2, 0.25) is 0 Å². The van der Waals surface area contributed by atoms with Gasteiger partial charge in [0, 0.05) is 22.2 Å². The van der Waals surface area contributed by atoms with Crippen LogP contribution in [-0.2, 0) is 5.41 Å². The SMILES string of the molecule is CC(C)(C)c1cc(Br)ccc1OC(=O)c1ccc([N+](=O)[O-])cc1. The zero-order valence-corrected chi connectivity index (χ0v) is 14.6. The van der Waals surface area contributed by atoms with Crippen molar-refractivity contribution < 1.29 is 14.5 Å². The molecule has 0 atom stereocenters. The summed E-state index contributed by atoms with van der Waals surface area (Å²) >= 11 is 3.42. The van der Waals surface area contributed by atoms with Crippen molar-refractivity contribution in [3.8, 4) is 5.75 Å². The molecule has 0 unspecified atom stereocenters. The summed E-state index contributed by atoms with van der Waals surface area (Å²) in [5.41, 5.74) is 0.885. The molecule has 0 aliphatic rings. The summed E-state index contributed by atoms with van der Waals surface area (Å²) in [6.45, 7) is 6.08. The number of carbonyl (C=O) groups is 1. The number of hydrogen-bond donors (Lipinski definition) is 0. The van der Waals surface area contributed by atoms with Gasteiger partial charge < -0.3 is 4.74 Å². The molecule has 0 bridgehead atoms. The van der Waals surface area contributed by atoms with Gasteiger partial charge in [-0.3, -0.25) is 10.1 Å². The second-order valence-electron chi connectivity index (χ2n) is 6.08. The van der Waals surface area contributed by atoms with Crippen molar-refractivity contribution in [2.45, 2.75) is 26.2 Å². The van der Waals surface area contributed by atoms with Gasteiger partial charge in [-0.1, -0.05) is 36.7 Å². The van der Waals surface area contributed by atoms with Gasteiger partial charge in [0.15, 0.2) is 0 Å². The molecule has 5 nitrogen and oxygen atoms in total. The number of hydrogen-bond acceptors (Lipinski definition) is 4. The van der Waals surface area contributed by atoms with Gasteiger partial charge in [-0.15, -0.1) is 0 Å². The number of carbonyl (C=O) groups excluding carboxylic acids is 1. The van der Waals surface area contributed by atoms with Crippen LogP contribution in [0.25, 0.3) is 0 Å². The Hall–Kier alpha value is -2.21. The van der Waals surface area contributed by atoms with Crippen LogP contribution in [-0.4, -0.2) is 10.9 Å². The topological polar surface area (TPSA) is 69.4 Å². The Balaban J connectivity index is 2.28. The van der Waals surface area contributed by atoms with E-state index in [9.17, 15) is 14.9 Å². The predicted molar refractivity (Wildman–Crippen MR) is 90.9 cm³/mol. The van der Waals surface area contributed by atoms with E-state index in [1.807, 2.05) is 26.8 Å². The highest BCUT2D eigenvalue weighted by Crippen LogP contribution is 2.34. The molecule has 0 aliphatic heterocycles. The molecule has 2 rings (SSSR count). The summed E-state index contributed by atoms with van der Waals surface area (Å²) in [5, 5.41) is 10.6. The van der Waals surface area contributed by atoms with Gasteiger partial charge in [-0.2, -0.15) is 0 Å². The minimum absolute atomic E-state index is 0.0689. The first-order chi connectivity index (χ1) is 10.7. The Morgan fingerprint density at radius 1 is 1.13 bits per heavy atom. The maximum atomic E-state index is 12.3. The summed E-state index contributed by atoms with van der Waals surface area (Å²) in [6, 6.07) is 10.8. The van der Waals surface area contributed by atoms with E-state index < -0.39 is 10.9 Å². The lowest BCUT2D eigenvalue weighted by Crippen LogP contribution is -2.16. The van der Waals surface area contributed by atoms with E-state index in [4.69, 9.17) is 4.74 Å². The molecule has 0 heterocycles. The fourth-order valence-electron chi connectivity index (χ4n) is 2.06. The molecule has 0 aromatic heterocycles. The van der Waals surface area contributed by atoms with Crippen molar-refractivity contribution in [2.75, 3.05) is 0 Å². The quantitative estimate of drug-likeness (QED) is 0.331. The summed E-state index contributed by atoms with van der Waals surface area (Å²) < 4.78 is 6.38. The van der Waals surface area contributed by atoms with Crippen LogP contribution in [0, 0.1) is 10.1 Å². The maximum Gasteiger partial charge on any atom is 0.343 e. The van der Waals surface area contributed by atoms with E-state index in [0.29, 0.717) is 5.75 Å². The highest BCUT2D eigenvalue weighted by molar-refractivity contribution is 9.10. The second-order valence-corrected chi connectivity index (χ2v) is 7.00. The predicted octanol–water partition coefficient (Wildman–Crippen LogP) is 4.87. The third kappa shape index (κ3) is 4.16. The lowest BCUT2D eigenvalue weighted by Gasteiger charge is -2.22. The first-order valence-electron chi connectivity index (χ1n) is 6.95. The largest absolute Gasteiger partial charge is 0.423 e. The zero-order chi connectivity index (χ0) is 17.2.